The number of hydrogen-bond acceptors (Lipinski definition) is 5. The van der Waals surface area contributed by atoms with Crippen molar-refractivity contribution in [1.82, 2.24) is 20.5 Å². The van der Waals surface area contributed by atoms with Crippen LogP contribution in [0.4, 0.5) is 11.5 Å². The maximum atomic E-state index is 6.03. The quantitative estimate of drug-likeness (QED) is 0.643. The van der Waals surface area contributed by atoms with Crippen LogP contribution in [0.15, 0.2) is 41.1 Å². The fraction of sp³-hybridized carbons (Fsp3) is 0.250. The van der Waals surface area contributed by atoms with E-state index in [2.05, 4.69) is 47.4 Å². The predicted molar refractivity (Wildman–Crippen MR) is 95.4 cm³/mol. The zero-order chi connectivity index (χ0) is 15.8. The Morgan fingerprint density at radius 3 is 3.04 bits per heavy atom. The average Bonchev–Trinajstić information content (AvgIpc) is 3.08. The van der Waals surface area contributed by atoms with Gasteiger partial charge in [0.2, 0.25) is 0 Å². The van der Waals surface area contributed by atoms with Crippen molar-refractivity contribution in [3.05, 3.63) is 46.7 Å². The molecule has 1 aliphatic heterocycles. The number of nitrogens with two attached hydrogens (primary N) is 1. The molecular weight excluding hydrogens is 356 g/mol. The Hall–Kier alpha value is -2.12. The third-order valence-electron chi connectivity index (χ3n) is 4.21. The van der Waals surface area contributed by atoms with Crippen LogP contribution in [0.1, 0.15) is 11.6 Å². The van der Waals surface area contributed by atoms with Gasteiger partial charge in [-0.15, -0.1) is 0 Å². The molecule has 1 saturated heterocycles. The number of rotatable bonds is 2. The second-order valence-corrected chi connectivity index (χ2v) is 6.63. The molecule has 0 amide bonds. The monoisotopic (exact) mass is 372 g/mol. The van der Waals surface area contributed by atoms with Crippen LogP contribution >= 0.6 is 15.9 Å². The van der Waals surface area contributed by atoms with E-state index in [1.807, 2.05) is 30.6 Å². The molecular formula is C16H17BrN6. The molecule has 118 valence electrons. The van der Waals surface area contributed by atoms with Gasteiger partial charge in [-0.1, -0.05) is 15.9 Å². The standard InChI is InChI=1S/C16H17BrN6/c17-11-1-2-12-13(5-11)22-16(18)6-15(12)23-4-3-19-14(9-23)10-7-20-21-8-10/h1-2,5-8,14,19H,3-4,9H2,(H2,18,22)(H,20,21). The number of H-pyrrole nitrogens is 1. The first-order valence-electron chi connectivity index (χ1n) is 7.53. The van der Waals surface area contributed by atoms with E-state index < -0.39 is 0 Å². The van der Waals surface area contributed by atoms with Gasteiger partial charge in [-0.05, 0) is 18.2 Å². The summed E-state index contributed by atoms with van der Waals surface area (Å²) in [4.78, 5) is 6.81. The van der Waals surface area contributed by atoms with Crippen molar-refractivity contribution >= 4 is 38.3 Å². The summed E-state index contributed by atoms with van der Waals surface area (Å²) in [6.07, 6.45) is 3.81. The number of anilines is 2. The van der Waals surface area contributed by atoms with Gasteiger partial charge in [-0.3, -0.25) is 5.10 Å². The Balaban J connectivity index is 1.73. The van der Waals surface area contributed by atoms with E-state index in [4.69, 9.17) is 5.73 Å². The third-order valence-corrected chi connectivity index (χ3v) is 4.70. The van der Waals surface area contributed by atoms with Crippen LogP contribution < -0.4 is 16.0 Å². The number of nitrogens with zero attached hydrogens (tertiary/aromatic N) is 3. The Labute approximate surface area is 142 Å². The lowest BCUT2D eigenvalue weighted by molar-refractivity contribution is 0.473. The van der Waals surface area contributed by atoms with E-state index in [-0.39, 0.29) is 6.04 Å². The van der Waals surface area contributed by atoms with Crippen LogP contribution in [-0.4, -0.2) is 34.8 Å². The van der Waals surface area contributed by atoms with Gasteiger partial charge in [0, 0.05) is 53.0 Å². The molecule has 1 aliphatic rings. The molecule has 6 nitrogen and oxygen atoms in total. The number of pyridine rings is 1. The summed E-state index contributed by atoms with van der Waals surface area (Å²) in [5, 5.41) is 11.6. The largest absolute Gasteiger partial charge is 0.384 e. The SMILES string of the molecule is Nc1cc(N2CCNC(c3cn[nH]c3)C2)c2ccc(Br)cc2n1. The Kier molecular flexibility index (Phi) is 3.66. The number of benzene rings is 1. The lowest BCUT2D eigenvalue weighted by Gasteiger charge is -2.35. The minimum Gasteiger partial charge on any atom is -0.384 e. The lowest BCUT2D eigenvalue weighted by Crippen LogP contribution is -2.45. The van der Waals surface area contributed by atoms with Gasteiger partial charge in [0.05, 0.1) is 17.8 Å². The second-order valence-electron chi connectivity index (χ2n) is 5.71. The molecule has 0 saturated carbocycles. The molecule has 1 aromatic carbocycles. The summed E-state index contributed by atoms with van der Waals surface area (Å²) in [7, 11) is 0. The molecule has 0 radical (unpaired) electrons. The first-order chi connectivity index (χ1) is 11.2. The van der Waals surface area contributed by atoms with Gasteiger partial charge in [-0.2, -0.15) is 5.10 Å². The number of hydrogen-bond donors (Lipinski definition) is 3. The van der Waals surface area contributed by atoms with Crippen molar-refractivity contribution in [2.45, 2.75) is 6.04 Å². The molecule has 4 rings (SSSR count). The van der Waals surface area contributed by atoms with Gasteiger partial charge in [0.25, 0.3) is 0 Å². The lowest BCUT2D eigenvalue weighted by atomic mass is 10.1. The van der Waals surface area contributed by atoms with Crippen LogP contribution in [0, 0.1) is 0 Å². The molecule has 1 fully saturated rings. The fourth-order valence-electron chi connectivity index (χ4n) is 3.11. The van der Waals surface area contributed by atoms with Crippen LogP contribution in [0.3, 0.4) is 0 Å². The Bertz CT molecular complexity index is 827. The van der Waals surface area contributed by atoms with Crippen LogP contribution in [0.25, 0.3) is 10.9 Å². The van der Waals surface area contributed by atoms with Crippen molar-refractivity contribution < 1.29 is 0 Å². The van der Waals surface area contributed by atoms with E-state index in [1.54, 1.807) is 0 Å². The summed E-state index contributed by atoms with van der Waals surface area (Å²) < 4.78 is 1.01. The summed E-state index contributed by atoms with van der Waals surface area (Å²) in [5.74, 6) is 0.545. The van der Waals surface area contributed by atoms with Gasteiger partial charge < -0.3 is 16.0 Å². The molecule has 0 aliphatic carbocycles. The second kappa shape index (κ2) is 5.82. The number of aromatic nitrogens is 3. The van der Waals surface area contributed by atoms with Crippen LogP contribution in [0.5, 0.6) is 0 Å². The minimum atomic E-state index is 0.252. The molecule has 0 spiro atoms. The Morgan fingerprint density at radius 2 is 2.22 bits per heavy atom. The zero-order valence-corrected chi connectivity index (χ0v) is 14.0. The summed E-state index contributed by atoms with van der Waals surface area (Å²) in [5.41, 5.74) is 9.24. The summed E-state index contributed by atoms with van der Waals surface area (Å²) in [6.45, 7) is 2.72. The van der Waals surface area contributed by atoms with E-state index in [0.29, 0.717) is 5.82 Å². The topological polar surface area (TPSA) is 82.9 Å². The van der Waals surface area contributed by atoms with E-state index in [1.165, 1.54) is 5.56 Å². The molecule has 2 aromatic heterocycles. The molecule has 0 bridgehead atoms. The number of fused-ring (bicyclic) bond motifs is 1. The number of nitrogen functional groups attached to an aromatic ring is 1. The van der Waals surface area contributed by atoms with E-state index in [0.717, 1.165) is 40.7 Å². The first kappa shape index (κ1) is 14.5. The molecule has 3 aromatic rings. The van der Waals surface area contributed by atoms with Crippen molar-refractivity contribution in [2.24, 2.45) is 0 Å². The van der Waals surface area contributed by atoms with Crippen molar-refractivity contribution in [2.75, 3.05) is 30.3 Å². The maximum Gasteiger partial charge on any atom is 0.126 e. The van der Waals surface area contributed by atoms with E-state index >= 15 is 0 Å². The number of nitrogens with one attached hydrogen (secondary N) is 2. The molecule has 23 heavy (non-hydrogen) atoms. The first-order valence-corrected chi connectivity index (χ1v) is 8.33. The number of halogens is 1. The highest BCUT2D eigenvalue weighted by Crippen LogP contribution is 2.31. The highest BCUT2D eigenvalue weighted by molar-refractivity contribution is 9.10. The van der Waals surface area contributed by atoms with Crippen LogP contribution in [0.2, 0.25) is 0 Å². The van der Waals surface area contributed by atoms with Crippen LogP contribution in [-0.2, 0) is 0 Å². The average molecular weight is 373 g/mol. The van der Waals surface area contributed by atoms with E-state index in [9.17, 15) is 0 Å². The highest BCUT2D eigenvalue weighted by atomic mass is 79.9. The van der Waals surface area contributed by atoms with Gasteiger partial charge >= 0.3 is 0 Å². The molecule has 1 unspecified atom stereocenters. The van der Waals surface area contributed by atoms with Gasteiger partial charge in [-0.25, -0.2) is 4.98 Å². The number of piperazine rings is 1. The van der Waals surface area contributed by atoms with Crippen molar-refractivity contribution in [3.8, 4) is 0 Å². The summed E-state index contributed by atoms with van der Waals surface area (Å²) >= 11 is 3.50. The molecule has 3 heterocycles. The Morgan fingerprint density at radius 1 is 1.30 bits per heavy atom. The summed E-state index contributed by atoms with van der Waals surface area (Å²) in [6, 6.07) is 8.36. The third kappa shape index (κ3) is 2.77. The van der Waals surface area contributed by atoms with Crippen molar-refractivity contribution in [3.63, 3.8) is 0 Å². The minimum absolute atomic E-state index is 0.252. The maximum absolute atomic E-state index is 6.03. The number of aromatic amines is 1. The fourth-order valence-corrected chi connectivity index (χ4v) is 3.46. The predicted octanol–water partition coefficient (Wildman–Crippen LogP) is 2.45. The molecule has 4 N–H and O–H groups in total. The zero-order valence-electron chi connectivity index (χ0n) is 12.5. The molecule has 1 atom stereocenters. The molecule has 7 heteroatoms. The highest BCUT2D eigenvalue weighted by Gasteiger charge is 2.23. The van der Waals surface area contributed by atoms with Crippen molar-refractivity contribution in [1.29, 1.82) is 0 Å². The smallest absolute Gasteiger partial charge is 0.126 e. The normalized spacial score (nSPS) is 18.5. The van der Waals surface area contributed by atoms with Gasteiger partial charge in [0.1, 0.15) is 5.82 Å². The van der Waals surface area contributed by atoms with Gasteiger partial charge in [0.15, 0.2) is 0 Å².